The van der Waals surface area contributed by atoms with E-state index in [4.69, 9.17) is 0 Å². The second-order valence-corrected chi connectivity index (χ2v) is 8.01. The summed E-state index contributed by atoms with van der Waals surface area (Å²) >= 11 is 1.62. The highest BCUT2D eigenvalue weighted by atomic mass is 35.5. The second kappa shape index (κ2) is 8.54. The minimum atomic E-state index is -0.220. The number of rotatable bonds is 4. The summed E-state index contributed by atoms with van der Waals surface area (Å²) in [5, 5.41) is 3.46. The van der Waals surface area contributed by atoms with Crippen LogP contribution in [0.25, 0.3) is 0 Å². The van der Waals surface area contributed by atoms with Crippen LogP contribution in [0.3, 0.4) is 0 Å². The van der Waals surface area contributed by atoms with Gasteiger partial charge in [-0.2, -0.15) is 0 Å². The van der Waals surface area contributed by atoms with Gasteiger partial charge < -0.3 is 10.2 Å². The van der Waals surface area contributed by atoms with E-state index >= 15 is 0 Å². The third-order valence-corrected chi connectivity index (χ3v) is 6.48. The summed E-state index contributed by atoms with van der Waals surface area (Å²) in [5.41, 5.74) is 0.447. The maximum atomic E-state index is 12.9. The average molecular weight is 373 g/mol. The number of piperidine rings is 1. The topological polar surface area (TPSA) is 32.3 Å². The molecule has 1 aromatic carbocycles. The fourth-order valence-electron chi connectivity index (χ4n) is 3.56. The van der Waals surface area contributed by atoms with Crippen LogP contribution >= 0.6 is 24.2 Å². The first kappa shape index (κ1) is 19.5. The van der Waals surface area contributed by atoms with Gasteiger partial charge in [0.15, 0.2) is 0 Å². The maximum absolute atomic E-state index is 12.9. The number of hydrogen-bond donors (Lipinski definition) is 1. The molecule has 134 valence electrons. The van der Waals surface area contributed by atoms with Crippen LogP contribution in [-0.4, -0.2) is 42.7 Å². The molecule has 1 spiro atoms. The standard InChI is InChI=1S/C18H25FN2OS.ClH/c1-14(12-23-16-4-2-15(19)3-5-16)17(22)21-10-7-18(8-11-21)6-9-20-13-18;/h2-5,14,20H,6-13H2,1H3;1H. The van der Waals surface area contributed by atoms with Crippen LogP contribution in [0.4, 0.5) is 4.39 Å². The molecule has 0 bridgehead atoms. The van der Waals surface area contributed by atoms with Gasteiger partial charge in [-0.3, -0.25) is 4.79 Å². The lowest BCUT2D eigenvalue weighted by Crippen LogP contribution is -2.46. The average Bonchev–Trinajstić information content (AvgIpc) is 3.02. The smallest absolute Gasteiger partial charge is 0.226 e. The van der Waals surface area contributed by atoms with Crippen LogP contribution in [0.5, 0.6) is 0 Å². The molecule has 1 aromatic rings. The number of likely N-dealkylation sites (tertiary alicyclic amines) is 1. The van der Waals surface area contributed by atoms with E-state index in [1.165, 1.54) is 18.6 Å². The number of hydrogen-bond acceptors (Lipinski definition) is 3. The van der Waals surface area contributed by atoms with Gasteiger partial charge in [0.05, 0.1) is 0 Å². The summed E-state index contributed by atoms with van der Waals surface area (Å²) in [7, 11) is 0. The molecule has 0 aliphatic carbocycles. The number of benzene rings is 1. The number of nitrogens with one attached hydrogen (secondary N) is 1. The fraction of sp³-hybridized carbons (Fsp3) is 0.611. The molecule has 3 nitrogen and oxygen atoms in total. The Balaban J connectivity index is 0.00000208. The van der Waals surface area contributed by atoms with Crippen molar-refractivity contribution in [2.45, 2.75) is 31.1 Å². The van der Waals surface area contributed by atoms with Crippen molar-refractivity contribution in [1.82, 2.24) is 10.2 Å². The Morgan fingerprint density at radius 3 is 2.54 bits per heavy atom. The predicted octanol–water partition coefficient (Wildman–Crippen LogP) is 3.58. The van der Waals surface area contributed by atoms with E-state index in [2.05, 4.69) is 5.32 Å². The third kappa shape index (κ3) is 4.64. The number of amides is 1. The summed E-state index contributed by atoms with van der Waals surface area (Å²) in [6, 6.07) is 6.48. The van der Waals surface area contributed by atoms with Crippen molar-refractivity contribution in [3.05, 3.63) is 30.1 Å². The normalized spacial score (nSPS) is 20.7. The molecule has 0 aromatic heterocycles. The largest absolute Gasteiger partial charge is 0.342 e. The maximum Gasteiger partial charge on any atom is 0.226 e. The monoisotopic (exact) mass is 372 g/mol. The van der Waals surface area contributed by atoms with Crippen LogP contribution < -0.4 is 5.32 Å². The Bertz CT molecular complexity index is 538. The molecule has 1 N–H and O–H groups in total. The van der Waals surface area contributed by atoms with Gasteiger partial charge in [0.25, 0.3) is 0 Å². The van der Waals surface area contributed by atoms with Gasteiger partial charge in [-0.15, -0.1) is 24.2 Å². The molecule has 1 unspecified atom stereocenters. The highest BCUT2D eigenvalue weighted by Gasteiger charge is 2.38. The number of carbonyl (C=O) groups excluding carboxylic acids is 1. The third-order valence-electron chi connectivity index (χ3n) is 5.20. The van der Waals surface area contributed by atoms with E-state index in [0.717, 1.165) is 49.7 Å². The zero-order valence-corrected chi connectivity index (χ0v) is 15.7. The molecule has 2 saturated heterocycles. The van der Waals surface area contributed by atoms with Crippen LogP contribution in [0.15, 0.2) is 29.2 Å². The molecule has 1 amide bonds. The molecule has 3 rings (SSSR count). The summed E-state index contributed by atoms with van der Waals surface area (Å²) in [6.45, 7) is 6.03. The van der Waals surface area contributed by atoms with Gasteiger partial charge in [-0.25, -0.2) is 4.39 Å². The lowest BCUT2D eigenvalue weighted by molar-refractivity contribution is -0.136. The Kier molecular flexibility index (Phi) is 6.96. The molecule has 1 atom stereocenters. The fourth-order valence-corrected chi connectivity index (χ4v) is 4.47. The Labute approximate surface area is 154 Å². The predicted molar refractivity (Wildman–Crippen MR) is 99.3 cm³/mol. The van der Waals surface area contributed by atoms with Gasteiger partial charge >= 0.3 is 0 Å². The lowest BCUT2D eigenvalue weighted by atomic mass is 9.77. The van der Waals surface area contributed by atoms with Crippen LogP contribution in [-0.2, 0) is 4.79 Å². The van der Waals surface area contributed by atoms with Gasteiger partial charge in [0, 0.05) is 36.2 Å². The Morgan fingerprint density at radius 1 is 1.29 bits per heavy atom. The van der Waals surface area contributed by atoms with Crippen molar-refractivity contribution in [2.24, 2.45) is 11.3 Å². The molecular formula is C18H26ClFN2OS. The molecule has 2 aliphatic rings. The van der Waals surface area contributed by atoms with Crippen molar-refractivity contribution in [1.29, 1.82) is 0 Å². The van der Waals surface area contributed by atoms with E-state index in [-0.39, 0.29) is 30.0 Å². The van der Waals surface area contributed by atoms with Crippen molar-refractivity contribution < 1.29 is 9.18 Å². The number of nitrogens with zero attached hydrogens (tertiary/aromatic N) is 1. The van der Waals surface area contributed by atoms with E-state index in [1.54, 1.807) is 23.9 Å². The summed E-state index contributed by atoms with van der Waals surface area (Å²) in [6.07, 6.45) is 3.51. The summed E-state index contributed by atoms with van der Waals surface area (Å²) in [4.78, 5) is 15.7. The van der Waals surface area contributed by atoms with E-state index in [9.17, 15) is 9.18 Å². The summed E-state index contributed by atoms with van der Waals surface area (Å²) < 4.78 is 12.9. The van der Waals surface area contributed by atoms with Crippen LogP contribution in [0.2, 0.25) is 0 Å². The van der Waals surface area contributed by atoms with Crippen molar-refractivity contribution in [3.8, 4) is 0 Å². The number of halogens is 2. The van der Waals surface area contributed by atoms with Crippen molar-refractivity contribution in [3.63, 3.8) is 0 Å². The first-order chi connectivity index (χ1) is 11.1. The van der Waals surface area contributed by atoms with Crippen LogP contribution in [0, 0.1) is 17.2 Å². The van der Waals surface area contributed by atoms with Gasteiger partial charge in [0.2, 0.25) is 5.91 Å². The zero-order valence-electron chi connectivity index (χ0n) is 14.1. The quantitative estimate of drug-likeness (QED) is 0.820. The molecule has 24 heavy (non-hydrogen) atoms. The molecule has 2 fully saturated rings. The molecule has 2 heterocycles. The van der Waals surface area contributed by atoms with Crippen molar-refractivity contribution >= 4 is 30.1 Å². The van der Waals surface area contributed by atoms with Gasteiger partial charge in [-0.1, -0.05) is 6.92 Å². The van der Waals surface area contributed by atoms with Crippen molar-refractivity contribution in [2.75, 3.05) is 31.9 Å². The minimum absolute atomic E-state index is 0. The molecule has 0 radical (unpaired) electrons. The zero-order chi connectivity index (χ0) is 16.3. The summed E-state index contributed by atoms with van der Waals surface area (Å²) in [5.74, 6) is 0.788. The highest BCUT2D eigenvalue weighted by molar-refractivity contribution is 7.99. The highest BCUT2D eigenvalue weighted by Crippen LogP contribution is 2.37. The first-order valence-electron chi connectivity index (χ1n) is 8.46. The van der Waals surface area contributed by atoms with Gasteiger partial charge in [0.1, 0.15) is 5.82 Å². The molecule has 2 aliphatic heterocycles. The number of thioether (sulfide) groups is 1. The minimum Gasteiger partial charge on any atom is -0.342 e. The van der Waals surface area contributed by atoms with Crippen LogP contribution in [0.1, 0.15) is 26.2 Å². The molecular weight excluding hydrogens is 347 g/mol. The first-order valence-corrected chi connectivity index (χ1v) is 9.44. The lowest BCUT2D eigenvalue weighted by Gasteiger charge is -2.39. The van der Waals surface area contributed by atoms with Gasteiger partial charge in [-0.05, 0) is 55.5 Å². The van der Waals surface area contributed by atoms with E-state index in [0.29, 0.717) is 5.41 Å². The number of carbonyl (C=O) groups is 1. The Morgan fingerprint density at radius 2 is 1.96 bits per heavy atom. The second-order valence-electron chi connectivity index (χ2n) is 6.92. The molecule has 0 saturated carbocycles. The molecule has 6 heteroatoms. The SMILES string of the molecule is CC(CSc1ccc(F)cc1)C(=O)N1CCC2(CCNC2)CC1.Cl. The van der Waals surface area contributed by atoms with E-state index < -0.39 is 0 Å². The van der Waals surface area contributed by atoms with E-state index in [1.807, 2.05) is 11.8 Å². The Hall–Kier alpha value is -0.780.